The van der Waals surface area contributed by atoms with Crippen LogP contribution < -0.4 is 16.0 Å². The number of thiophene rings is 1. The standard InChI is InChI=1S/C24H24N4O3S/c1-31-18-5-2-4-14-10-15-12-27(13-16(15)11-17(14)18)8-9-28-23(29)22-21(26-24(28)30)20-19(32-22)6-3-7-25-20/h2-7,15-16H,8-13H2,1H3,(H,26,30). The summed E-state index contributed by atoms with van der Waals surface area (Å²) in [6.07, 6.45) is 3.77. The van der Waals surface area contributed by atoms with Crippen LogP contribution >= 0.6 is 11.3 Å². The Labute approximate surface area is 188 Å². The molecule has 2 atom stereocenters. The maximum absolute atomic E-state index is 13.1. The van der Waals surface area contributed by atoms with Gasteiger partial charge in [-0.1, -0.05) is 12.1 Å². The van der Waals surface area contributed by atoms with Crippen LogP contribution in [0.25, 0.3) is 20.4 Å². The zero-order valence-corrected chi connectivity index (χ0v) is 18.7. The van der Waals surface area contributed by atoms with Crippen LogP contribution in [0.4, 0.5) is 0 Å². The fourth-order valence-electron chi connectivity index (χ4n) is 5.48. The average Bonchev–Trinajstić information content (AvgIpc) is 3.37. The Morgan fingerprint density at radius 1 is 1.12 bits per heavy atom. The smallest absolute Gasteiger partial charge is 0.328 e. The maximum atomic E-state index is 13.1. The number of fused-ring (bicyclic) bond motifs is 5. The van der Waals surface area contributed by atoms with Gasteiger partial charge in [0.2, 0.25) is 0 Å². The van der Waals surface area contributed by atoms with Gasteiger partial charge in [0, 0.05) is 32.4 Å². The molecule has 7 nitrogen and oxygen atoms in total. The lowest BCUT2D eigenvalue weighted by Crippen LogP contribution is -2.38. The van der Waals surface area contributed by atoms with Gasteiger partial charge in [-0.05, 0) is 54.0 Å². The third-order valence-electron chi connectivity index (χ3n) is 7.05. The van der Waals surface area contributed by atoms with E-state index in [1.54, 1.807) is 13.3 Å². The van der Waals surface area contributed by atoms with E-state index in [1.165, 1.54) is 27.0 Å². The summed E-state index contributed by atoms with van der Waals surface area (Å²) in [5, 5.41) is 0. The zero-order valence-electron chi connectivity index (χ0n) is 17.8. The number of H-pyrrole nitrogens is 1. The van der Waals surface area contributed by atoms with E-state index in [2.05, 4.69) is 27.0 Å². The first kappa shape index (κ1) is 19.7. The normalized spacial score (nSPS) is 20.5. The summed E-state index contributed by atoms with van der Waals surface area (Å²) in [6.45, 7) is 3.08. The van der Waals surface area contributed by atoms with Crippen LogP contribution in [-0.2, 0) is 19.4 Å². The van der Waals surface area contributed by atoms with Gasteiger partial charge >= 0.3 is 5.69 Å². The number of hydrogen-bond donors (Lipinski definition) is 1. The second-order valence-electron chi connectivity index (χ2n) is 8.83. The van der Waals surface area contributed by atoms with Crippen molar-refractivity contribution in [1.29, 1.82) is 0 Å². The van der Waals surface area contributed by atoms with Crippen molar-refractivity contribution in [3.8, 4) is 5.75 Å². The lowest BCUT2D eigenvalue weighted by atomic mass is 9.77. The van der Waals surface area contributed by atoms with Gasteiger partial charge in [-0.25, -0.2) is 4.79 Å². The number of benzene rings is 1. The molecule has 1 N–H and O–H groups in total. The van der Waals surface area contributed by atoms with Crippen molar-refractivity contribution < 1.29 is 4.74 Å². The highest BCUT2D eigenvalue weighted by Gasteiger charge is 2.37. The van der Waals surface area contributed by atoms with Gasteiger partial charge in [-0.3, -0.25) is 14.3 Å². The molecule has 164 valence electrons. The second kappa shape index (κ2) is 7.56. The number of methoxy groups -OCH3 is 1. The van der Waals surface area contributed by atoms with Crippen molar-refractivity contribution in [2.75, 3.05) is 26.7 Å². The van der Waals surface area contributed by atoms with Crippen LogP contribution in [0.3, 0.4) is 0 Å². The second-order valence-corrected chi connectivity index (χ2v) is 9.88. The molecule has 2 aliphatic rings. The molecule has 0 saturated carbocycles. The van der Waals surface area contributed by atoms with Crippen LogP contribution in [-0.4, -0.2) is 46.2 Å². The lowest BCUT2D eigenvalue weighted by molar-refractivity contribution is 0.303. The number of aromatic amines is 1. The summed E-state index contributed by atoms with van der Waals surface area (Å²) in [6, 6.07) is 10.1. The van der Waals surface area contributed by atoms with Crippen molar-refractivity contribution >= 4 is 31.8 Å². The van der Waals surface area contributed by atoms with E-state index in [1.807, 2.05) is 18.2 Å². The Morgan fingerprint density at radius 3 is 2.81 bits per heavy atom. The van der Waals surface area contributed by atoms with E-state index >= 15 is 0 Å². The van der Waals surface area contributed by atoms with Crippen molar-refractivity contribution in [2.45, 2.75) is 19.4 Å². The van der Waals surface area contributed by atoms with Crippen LogP contribution in [0.15, 0.2) is 46.1 Å². The van der Waals surface area contributed by atoms with Gasteiger partial charge in [-0.15, -0.1) is 11.3 Å². The van der Waals surface area contributed by atoms with Crippen LogP contribution in [0, 0.1) is 11.8 Å². The van der Waals surface area contributed by atoms with E-state index in [0.717, 1.165) is 36.4 Å². The number of aromatic nitrogens is 3. The zero-order chi connectivity index (χ0) is 21.8. The number of rotatable bonds is 4. The van der Waals surface area contributed by atoms with E-state index in [4.69, 9.17) is 4.74 Å². The predicted molar refractivity (Wildman–Crippen MR) is 126 cm³/mol. The van der Waals surface area contributed by atoms with Gasteiger partial charge in [-0.2, -0.15) is 0 Å². The van der Waals surface area contributed by atoms with E-state index < -0.39 is 0 Å². The van der Waals surface area contributed by atoms with Crippen LogP contribution in [0.5, 0.6) is 5.75 Å². The number of nitrogens with zero attached hydrogens (tertiary/aromatic N) is 3. The largest absolute Gasteiger partial charge is 0.496 e. The van der Waals surface area contributed by atoms with Crippen molar-refractivity contribution in [3.05, 3.63) is 68.5 Å². The van der Waals surface area contributed by atoms with E-state index in [0.29, 0.717) is 40.7 Å². The molecule has 32 heavy (non-hydrogen) atoms. The Bertz CT molecular complexity index is 1450. The third-order valence-corrected chi connectivity index (χ3v) is 8.19. The minimum atomic E-state index is -0.360. The predicted octanol–water partition coefficient (Wildman–Crippen LogP) is 2.65. The highest BCUT2D eigenvalue weighted by Crippen LogP contribution is 2.39. The molecule has 4 aromatic rings. The molecule has 8 heteroatoms. The summed E-state index contributed by atoms with van der Waals surface area (Å²) < 4.78 is 8.40. The lowest BCUT2D eigenvalue weighted by Gasteiger charge is -2.28. The summed E-state index contributed by atoms with van der Waals surface area (Å²) in [5.74, 6) is 2.19. The molecular weight excluding hydrogens is 424 g/mol. The van der Waals surface area contributed by atoms with Gasteiger partial charge in [0.1, 0.15) is 16.0 Å². The SMILES string of the molecule is COc1cccc2c1CC1CN(CCn3c(=O)[nH]c4c(sc5cccnc54)c3=O)CC1C2. The topological polar surface area (TPSA) is 80.2 Å². The number of likely N-dealkylation sites (tertiary alicyclic amines) is 1. The number of ether oxygens (including phenoxy) is 1. The number of nitrogens with one attached hydrogen (secondary N) is 1. The maximum Gasteiger partial charge on any atom is 0.328 e. The fraction of sp³-hybridized carbons (Fsp3) is 0.375. The summed E-state index contributed by atoms with van der Waals surface area (Å²) in [5.41, 5.74) is 3.39. The molecule has 1 aromatic carbocycles. The van der Waals surface area contributed by atoms with Gasteiger partial charge in [0.15, 0.2) is 0 Å². The van der Waals surface area contributed by atoms with E-state index in [9.17, 15) is 9.59 Å². The Morgan fingerprint density at radius 2 is 1.97 bits per heavy atom. The van der Waals surface area contributed by atoms with Crippen molar-refractivity contribution in [3.63, 3.8) is 0 Å². The monoisotopic (exact) mass is 448 g/mol. The molecule has 6 rings (SSSR count). The highest BCUT2D eigenvalue weighted by atomic mass is 32.1. The molecule has 4 heterocycles. The van der Waals surface area contributed by atoms with Crippen LogP contribution in [0.2, 0.25) is 0 Å². The third kappa shape index (κ3) is 3.09. The highest BCUT2D eigenvalue weighted by molar-refractivity contribution is 7.25. The first-order valence-electron chi connectivity index (χ1n) is 11.0. The summed E-state index contributed by atoms with van der Waals surface area (Å²) in [4.78, 5) is 35.4. The Kier molecular flexibility index (Phi) is 4.66. The molecule has 3 aromatic heterocycles. The molecule has 0 spiro atoms. The molecule has 1 saturated heterocycles. The average molecular weight is 449 g/mol. The van der Waals surface area contributed by atoms with E-state index in [-0.39, 0.29) is 11.2 Å². The molecule has 0 bridgehead atoms. The fourth-order valence-corrected chi connectivity index (χ4v) is 6.55. The van der Waals surface area contributed by atoms with Crippen LogP contribution in [0.1, 0.15) is 11.1 Å². The minimum absolute atomic E-state index is 0.222. The number of pyridine rings is 1. The van der Waals surface area contributed by atoms with Gasteiger partial charge in [0.05, 0.1) is 17.3 Å². The molecule has 1 aliphatic carbocycles. The molecule has 0 radical (unpaired) electrons. The first-order chi connectivity index (χ1) is 15.6. The minimum Gasteiger partial charge on any atom is -0.496 e. The summed E-state index contributed by atoms with van der Waals surface area (Å²) >= 11 is 1.39. The van der Waals surface area contributed by atoms with Crippen molar-refractivity contribution in [2.24, 2.45) is 11.8 Å². The molecule has 0 amide bonds. The van der Waals surface area contributed by atoms with Gasteiger partial charge < -0.3 is 14.6 Å². The molecule has 2 unspecified atom stereocenters. The van der Waals surface area contributed by atoms with Gasteiger partial charge in [0.25, 0.3) is 5.56 Å². The quantitative estimate of drug-likeness (QED) is 0.519. The Balaban J connectivity index is 1.22. The van der Waals surface area contributed by atoms with Crippen molar-refractivity contribution in [1.82, 2.24) is 19.4 Å². The first-order valence-corrected chi connectivity index (χ1v) is 11.8. The molecular formula is C24H24N4O3S. The number of hydrogen-bond acceptors (Lipinski definition) is 6. The Hall–Kier alpha value is -2.97. The summed E-state index contributed by atoms with van der Waals surface area (Å²) in [7, 11) is 1.74. The molecule has 1 fully saturated rings. The molecule has 1 aliphatic heterocycles.